The SMILES string of the molecule is COC[C@@H]1CCO[C@@H]1C(=O)OC. The molecule has 1 heterocycles. The minimum absolute atomic E-state index is 0.155. The van der Waals surface area contributed by atoms with Crippen molar-refractivity contribution in [3.05, 3.63) is 0 Å². The smallest absolute Gasteiger partial charge is 0.335 e. The number of esters is 1. The molecule has 1 saturated heterocycles. The van der Waals surface area contributed by atoms with Crippen molar-refractivity contribution in [1.82, 2.24) is 0 Å². The van der Waals surface area contributed by atoms with Gasteiger partial charge in [0.1, 0.15) is 0 Å². The van der Waals surface area contributed by atoms with Crippen molar-refractivity contribution in [2.24, 2.45) is 5.92 Å². The van der Waals surface area contributed by atoms with E-state index in [4.69, 9.17) is 9.47 Å². The van der Waals surface area contributed by atoms with E-state index in [1.165, 1.54) is 7.11 Å². The zero-order chi connectivity index (χ0) is 8.97. The van der Waals surface area contributed by atoms with Gasteiger partial charge in [-0.1, -0.05) is 0 Å². The van der Waals surface area contributed by atoms with Crippen LogP contribution in [0.1, 0.15) is 6.42 Å². The Morgan fingerprint density at radius 2 is 2.33 bits per heavy atom. The Kier molecular flexibility index (Phi) is 3.49. The Bertz CT molecular complexity index is 157. The fraction of sp³-hybridized carbons (Fsp3) is 0.875. The summed E-state index contributed by atoms with van der Waals surface area (Å²) >= 11 is 0. The van der Waals surface area contributed by atoms with E-state index in [9.17, 15) is 4.79 Å². The van der Waals surface area contributed by atoms with Crippen LogP contribution in [0.2, 0.25) is 0 Å². The normalized spacial score (nSPS) is 28.8. The molecule has 1 aliphatic rings. The Morgan fingerprint density at radius 3 is 2.92 bits per heavy atom. The van der Waals surface area contributed by atoms with Crippen molar-refractivity contribution in [1.29, 1.82) is 0 Å². The van der Waals surface area contributed by atoms with Gasteiger partial charge in [0, 0.05) is 19.6 Å². The standard InChI is InChI=1S/C8H14O4/c1-10-5-6-3-4-12-7(6)8(9)11-2/h6-7H,3-5H2,1-2H3/t6-,7-/m0/s1. The number of methoxy groups -OCH3 is 2. The molecule has 1 fully saturated rings. The molecule has 0 N–H and O–H groups in total. The first-order chi connectivity index (χ1) is 5.79. The number of hydrogen-bond acceptors (Lipinski definition) is 4. The first-order valence-corrected chi connectivity index (χ1v) is 3.98. The summed E-state index contributed by atoms with van der Waals surface area (Å²) in [6, 6.07) is 0. The highest BCUT2D eigenvalue weighted by Gasteiger charge is 2.34. The van der Waals surface area contributed by atoms with Crippen molar-refractivity contribution in [3.63, 3.8) is 0 Å². The number of rotatable bonds is 3. The largest absolute Gasteiger partial charge is 0.467 e. The maximum Gasteiger partial charge on any atom is 0.335 e. The van der Waals surface area contributed by atoms with Gasteiger partial charge in [0.2, 0.25) is 0 Å². The second kappa shape index (κ2) is 4.42. The zero-order valence-electron chi connectivity index (χ0n) is 7.41. The average molecular weight is 174 g/mol. The molecule has 0 unspecified atom stereocenters. The summed E-state index contributed by atoms with van der Waals surface area (Å²) in [5.41, 5.74) is 0. The van der Waals surface area contributed by atoms with E-state index in [1.807, 2.05) is 0 Å². The van der Waals surface area contributed by atoms with Crippen molar-refractivity contribution >= 4 is 5.97 Å². The first kappa shape index (κ1) is 9.48. The summed E-state index contributed by atoms with van der Waals surface area (Å²) in [5, 5.41) is 0. The molecular weight excluding hydrogens is 160 g/mol. The Labute approximate surface area is 71.8 Å². The highest BCUT2D eigenvalue weighted by atomic mass is 16.6. The van der Waals surface area contributed by atoms with Gasteiger partial charge >= 0.3 is 5.97 Å². The summed E-state index contributed by atoms with van der Waals surface area (Å²) in [6.45, 7) is 1.17. The van der Waals surface area contributed by atoms with Gasteiger partial charge in [-0.25, -0.2) is 4.79 Å². The molecule has 0 bridgehead atoms. The summed E-state index contributed by atoms with van der Waals surface area (Å²) in [5.74, 6) is -0.142. The highest BCUT2D eigenvalue weighted by molar-refractivity contribution is 5.75. The number of hydrogen-bond donors (Lipinski definition) is 0. The summed E-state index contributed by atoms with van der Waals surface area (Å²) in [7, 11) is 2.99. The van der Waals surface area contributed by atoms with Gasteiger partial charge in [-0.05, 0) is 6.42 Å². The fourth-order valence-electron chi connectivity index (χ4n) is 1.40. The van der Waals surface area contributed by atoms with E-state index in [0.717, 1.165) is 6.42 Å². The number of ether oxygens (including phenoxy) is 3. The lowest BCUT2D eigenvalue weighted by atomic mass is 10.0. The third kappa shape index (κ3) is 1.95. The molecule has 4 nitrogen and oxygen atoms in total. The minimum atomic E-state index is -0.421. The Morgan fingerprint density at radius 1 is 1.58 bits per heavy atom. The summed E-state index contributed by atoms with van der Waals surface area (Å²) in [6.07, 6.45) is 0.447. The molecule has 1 rings (SSSR count). The molecule has 0 aromatic heterocycles. The van der Waals surface area contributed by atoms with E-state index in [2.05, 4.69) is 4.74 Å². The molecule has 0 spiro atoms. The van der Waals surface area contributed by atoms with Crippen LogP contribution in [0, 0.1) is 5.92 Å². The molecule has 0 saturated carbocycles. The summed E-state index contributed by atoms with van der Waals surface area (Å²) in [4.78, 5) is 11.1. The Hall–Kier alpha value is -0.610. The lowest BCUT2D eigenvalue weighted by Gasteiger charge is -2.14. The predicted molar refractivity (Wildman–Crippen MR) is 41.7 cm³/mol. The monoisotopic (exact) mass is 174 g/mol. The molecule has 1 aliphatic heterocycles. The van der Waals surface area contributed by atoms with Crippen LogP contribution in [0.25, 0.3) is 0 Å². The van der Waals surface area contributed by atoms with Crippen LogP contribution < -0.4 is 0 Å². The van der Waals surface area contributed by atoms with E-state index in [0.29, 0.717) is 13.2 Å². The van der Waals surface area contributed by atoms with Gasteiger partial charge in [0.05, 0.1) is 13.7 Å². The van der Waals surface area contributed by atoms with Crippen molar-refractivity contribution in [2.75, 3.05) is 27.4 Å². The summed E-state index contributed by atoms with van der Waals surface area (Å²) < 4.78 is 14.8. The van der Waals surface area contributed by atoms with Gasteiger partial charge in [-0.3, -0.25) is 0 Å². The lowest BCUT2D eigenvalue weighted by molar-refractivity contribution is -0.153. The molecule has 0 amide bonds. The minimum Gasteiger partial charge on any atom is -0.467 e. The molecule has 12 heavy (non-hydrogen) atoms. The molecule has 0 aromatic carbocycles. The van der Waals surface area contributed by atoms with Crippen LogP contribution >= 0.6 is 0 Å². The Balaban J connectivity index is 2.45. The molecule has 0 aliphatic carbocycles. The molecular formula is C8H14O4. The molecule has 0 radical (unpaired) electrons. The third-order valence-electron chi connectivity index (χ3n) is 2.03. The van der Waals surface area contributed by atoms with Crippen LogP contribution in [-0.2, 0) is 19.0 Å². The van der Waals surface area contributed by atoms with E-state index in [-0.39, 0.29) is 11.9 Å². The number of carbonyl (C=O) groups excluding carboxylic acids is 1. The van der Waals surface area contributed by atoms with Gasteiger partial charge in [-0.2, -0.15) is 0 Å². The first-order valence-electron chi connectivity index (χ1n) is 3.98. The topological polar surface area (TPSA) is 44.8 Å². The molecule has 70 valence electrons. The maximum absolute atomic E-state index is 11.1. The van der Waals surface area contributed by atoms with Crippen LogP contribution in [0.4, 0.5) is 0 Å². The van der Waals surface area contributed by atoms with E-state index >= 15 is 0 Å². The molecule has 2 atom stereocenters. The fourth-order valence-corrected chi connectivity index (χ4v) is 1.40. The maximum atomic E-state index is 11.1. The lowest BCUT2D eigenvalue weighted by Crippen LogP contribution is -2.30. The van der Waals surface area contributed by atoms with Gasteiger partial charge in [-0.15, -0.1) is 0 Å². The van der Waals surface area contributed by atoms with Crippen molar-refractivity contribution in [3.8, 4) is 0 Å². The molecule has 0 aromatic rings. The van der Waals surface area contributed by atoms with Crippen LogP contribution in [-0.4, -0.2) is 39.5 Å². The average Bonchev–Trinajstić information content (AvgIpc) is 2.52. The van der Waals surface area contributed by atoms with E-state index in [1.54, 1.807) is 7.11 Å². The van der Waals surface area contributed by atoms with Crippen LogP contribution in [0.15, 0.2) is 0 Å². The third-order valence-corrected chi connectivity index (χ3v) is 2.03. The predicted octanol–water partition coefficient (Wildman–Crippen LogP) is 0.211. The van der Waals surface area contributed by atoms with Crippen molar-refractivity contribution < 1.29 is 19.0 Å². The quantitative estimate of drug-likeness (QED) is 0.574. The zero-order valence-corrected chi connectivity index (χ0v) is 7.41. The second-order valence-electron chi connectivity index (χ2n) is 2.82. The van der Waals surface area contributed by atoms with Gasteiger partial charge < -0.3 is 14.2 Å². The van der Waals surface area contributed by atoms with Crippen LogP contribution in [0.5, 0.6) is 0 Å². The number of carbonyl (C=O) groups is 1. The van der Waals surface area contributed by atoms with Crippen molar-refractivity contribution in [2.45, 2.75) is 12.5 Å². The van der Waals surface area contributed by atoms with Gasteiger partial charge in [0.25, 0.3) is 0 Å². The molecule has 4 heteroatoms. The van der Waals surface area contributed by atoms with Crippen LogP contribution in [0.3, 0.4) is 0 Å². The highest BCUT2D eigenvalue weighted by Crippen LogP contribution is 2.21. The van der Waals surface area contributed by atoms with E-state index < -0.39 is 6.10 Å². The van der Waals surface area contributed by atoms with Gasteiger partial charge in [0.15, 0.2) is 6.10 Å². The second-order valence-corrected chi connectivity index (χ2v) is 2.82.